The molecule has 0 saturated heterocycles. The van der Waals surface area contributed by atoms with E-state index >= 15 is 4.79 Å². The van der Waals surface area contributed by atoms with Crippen LogP contribution in [-0.2, 0) is 64.0 Å². The number of carbonyl (C=O) groups is 12. The number of aromatic amines is 1. The summed E-state index contributed by atoms with van der Waals surface area (Å²) in [5, 5.41) is 30.6. The molecule has 1 aromatic heterocycles. The van der Waals surface area contributed by atoms with Crippen molar-refractivity contribution in [3.8, 4) is 0 Å². The molecule has 0 fully saturated rings. The minimum Gasteiger partial charge on any atom is -0.370 e. The summed E-state index contributed by atoms with van der Waals surface area (Å²) in [6, 6.07) is -8.61. The summed E-state index contributed by atoms with van der Waals surface area (Å²) >= 11 is 0. The minimum absolute atomic E-state index is 0.0223. The van der Waals surface area contributed by atoms with Crippen LogP contribution in [0.3, 0.4) is 0 Å². The maximum Gasteiger partial charge on any atom is 0.243 e. The minimum atomic E-state index is -1.48. The zero-order chi connectivity index (χ0) is 85.4. The normalized spacial score (nSPS) is 14.9. The number of amides is 12. The standard InChI is InChI=1S/C72H129N29O12/c1-12-39(9)54(66(112)98-51(34-42-35-90-44-22-15-14-21-43(42)44)62(108)95-47(25-18-30-87-70(79)80)58(104)92-45(56(74)102)23-16-28-85-68(75)76)100-61(107)49(27-20-32-89-72(83)84)94-59(105)46(24-17-29-86-69(77)78)93-57(103)41(11)91-65(111)53(38(7)8)99-67(113)55(40(10)13-2)101-63(109)50(33-36(3)4)97-60(106)48(26-19-31-88-71(81)82)96-64(110)52(73)37(5)6/h14-15,21-22,35-41,45-55,90H,12-13,16-20,23-34,73H2,1-11H3,(H2,74,102)(H,91,111)(H,92,104)(H,93,103)(H,94,105)(H,95,108)(H,96,110)(H,97,106)(H,98,112)(H,99,113)(H,100,107)(H,101,109)(H4,75,76,85)(H4,77,78,86)(H4,79,80,87)(H4,81,82,88)(H4,83,84,89)/t39-,40-,41-,45-,46-,47-,48-,49-,50-,51-,52-,53-,54-,55-/m0/s1. The first-order valence-corrected chi connectivity index (χ1v) is 38.3. The topological polar surface area (TPSA) is 727 Å². The molecule has 634 valence electrons. The molecule has 113 heavy (non-hydrogen) atoms. The van der Waals surface area contributed by atoms with Crippen LogP contribution in [0.1, 0.15) is 165 Å². The molecule has 0 aliphatic heterocycles. The number of primary amides is 1. The number of aromatic nitrogens is 1. The Bertz CT molecular complexity index is 3600. The summed E-state index contributed by atoms with van der Waals surface area (Å²) < 4.78 is 0. The third-order valence-corrected chi connectivity index (χ3v) is 18.6. The SMILES string of the molecule is CC[C@H](C)[C@H](NC(=O)[C@H](CCCN=C(N)N)NC(=O)[C@H](CCCN=C(N)N)NC(=O)[C@H](C)NC(=O)[C@@H](NC(=O)[C@@H](NC(=O)[C@H](CC(C)C)NC(=O)[C@H](CCCN=C(N)N)NC(=O)[C@@H](N)C(C)C)[C@@H](C)CC)C(C)C)C(=O)N[C@@H](Cc1c[nH]c2ccccc12)C(=O)N[C@@H](CCCN=C(N)N)C(=O)N[C@@H](CCCN=C(N)N)C(N)=O. The molecule has 41 heteroatoms. The van der Waals surface area contributed by atoms with Crippen molar-refractivity contribution in [2.45, 2.75) is 239 Å². The Morgan fingerprint density at radius 1 is 0.363 bits per heavy atom. The molecule has 0 aliphatic rings. The number of nitrogens with zero attached hydrogens (tertiary/aromatic N) is 5. The van der Waals surface area contributed by atoms with Crippen LogP contribution in [0.15, 0.2) is 55.4 Å². The smallest absolute Gasteiger partial charge is 0.243 e. The van der Waals surface area contributed by atoms with Gasteiger partial charge >= 0.3 is 0 Å². The summed E-state index contributed by atoms with van der Waals surface area (Å²) in [6.45, 7) is 18.9. The van der Waals surface area contributed by atoms with E-state index in [0.29, 0.717) is 22.9 Å². The predicted octanol–water partition coefficient (Wildman–Crippen LogP) is -5.41. The van der Waals surface area contributed by atoms with E-state index in [1.54, 1.807) is 85.9 Å². The van der Waals surface area contributed by atoms with Gasteiger partial charge in [0.25, 0.3) is 0 Å². The van der Waals surface area contributed by atoms with Gasteiger partial charge in [-0.2, -0.15) is 0 Å². The van der Waals surface area contributed by atoms with Crippen molar-refractivity contribution in [1.82, 2.24) is 63.5 Å². The number of aliphatic imine (C=N–C) groups is 5. The van der Waals surface area contributed by atoms with Gasteiger partial charge in [0, 0.05) is 56.2 Å². The lowest BCUT2D eigenvalue weighted by atomic mass is 9.95. The molecule has 12 amide bonds. The Kier molecular flexibility index (Phi) is 43.8. The largest absolute Gasteiger partial charge is 0.370 e. The number of para-hydroxylation sites is 1. The lowest BCUT2D eigenvalue weighted by Gasteiger charge is -2.31. The average Bonchev–Trinajstić information content (AvgIpc) is 1.68. The first kappa shape index (κ1) is 97.8. The zero-order valence-corrected chi connectivity index (χ0v) is 67.2. The van der Waals surface area contributed by atoms with Crippen LogP contribution in [0.25, 0.3) is 10.9 Å². The highest BCUT2D eigenvalue weighted by Gasteiger charge is 2.39. The van der Waals surface area contributed by atoms with Gasteiger partial charge in [-0.05, 0) is 119 Å². The number of fused-ring (bicyclic) bond motifs is 1. The van der Waals surface area contributed by atoms with Crippen LogP contribution in [0.2, 0.25) is 0 Å². The Hall–Kier alpha value is -11.3. The van der Waals surface area contributed by atoms with Crippen molar-refractivity contribution in [2.24, 2.45) is 123 Å². The molecular weight excluding hydrogens is 1460 g/mol. The van der Waals surface area contributed by atoms with Crippen LogP contribution < -0.4 is 127 Å². The summed E-state index contributed by atoms with van der Waals surface area (Å²) in [5.74, 6) is -13.1. The first-order valence-electron chi connectivity index (χ1n) is 38.3. The number of rotatable bonds is 53. The van der Waals surface area contributed by atoms with Gasteiger partial charge in [0.05, 0.1) is 6.04 Å². The molecule has 14 atom stereocenters. The van der Waals surface area contributed by atoms with Crippen LogP contribution in [0.5, 0.6) is 0 Å². The number of guanidine groups is 5. The van der Waals surface area contributed by atoms with Crippen molar-refractivity contribution in [1.29, 1.82) is 0 Å². The van der Waals surface area contributed by atoms with Crippen molar-refractivity contribution in [3.05, 3.63) is 36.0 Å². The van der Waals surface area contributed by atoms with Gasteiger partial charge in [0.1, 0.15) is 66.5 Å². The highest BCUT2D eigenvalue weighted by atomic mass is 16.2. The maximum absolute atomic E-state index is 15.0. The van der Waals surface area contributed by atoms with Crippen LogP contribution in [0.4, 0.5) is 0 Å². The third kappa shape index (κ3) is 36.6. The molecule has 1 heterocycles. The molecule has 2 rings (SSSR count). The summed E-state index contributed by atoms with van der Waals surface area (Å²) in [7, 11) is 0. The molecule has 0 aliphatic carbocycles. The Morgan fingerprint density at radius 3 is 1.06 bits per heavy atom. The number of nitrogens with two attached hydrogens (primary N) is 12. The summed E-state index contributed by atoms with van der Waals surface area (Å²) in [5.41, 5.74) is 68.7. The van der Waals surface area contributed by atoms with E-state index in [0.717, 1.165) is 0 Å². The zero-order valence-electron chi connectivity index (χ0n) is 67.2. The second kappa shape index (κ2) is 50.6. The second-order valence-corrected chi connectivity index (χ2v) is 29.2. The van der Waals surface area contributed by atoms with Gasteiger partial charge in [-0.15, -0.1) is 0 Å². The van der Waals surface area contributed by atoms with E-state index in [9.17, 15) is 52.7 Å². The number of H-pyrrole nitrogens is 1. The van der Waals surface area contributed by atoms with E-state index in [2.05, 4.69) is 88.4 Å². The van der Waals surface area contributed by atoms with Gasteiger partial charge in [-0.3, -0.25) is 82.5 Å². The molecule has 1 aromatic carbocycles. The van der Waals surface area contributed by atoms with Gasteiger partial charge in [0.15, 0.2) is 29.8 Å². The van der Waals surface area contributed by atoms with E-state index in [1.807, 2.05) is 13.8 Å². The number of nitrogens with one attached hydrogen (secondary N) is 12. The molecule has 0 spiro atoms. The van der Waals surface area contributed by atoms with Crippen molar-refractivity contribution < 1.29 is 57.5 Å². The second-order valence-electron chi connectivity index (χ2n) is 29.2. The van der Waals surface area contributed by atoms with E-state index < -0.39 is 161 Å². The average molecular weight is 1590 g/mol. The lowest BCUT2D eigenvalue weighted by molar-refractivity contribution is -0.137. The fraction of sp³-hybridized carbons (Fsp3) is 0.653. The molecule has 0 unspecified atom stereocenters. The molecule has 0 radical (unpaired) electrons. The van der Waals surface area contributed by atoms with Crippen molar-refractivity contribution in [3.63, 3.8) is 0 Å². The summed E-state index contributed by atoms with van der Waals surface area (Å²) in [4.78, 5) is 194. The molecule has 36 N–H and O–H groups in total. The van der Waals surface area contributed by atoms with E-state index in [4.69, 9.17) is 68.8 Å². The van der Waals surface area contributed by atoms with E-state index in [-0.39, 0.29) is 158 Å². The first-order chi connectivity index (χ1) is 53.1. The number of hydrogen-bond donors (Lipinski definition) is 24. The van der Waals surface area contributed by atoms with Gasteiger partial charge in [-0.25, -0.2) is 0 Å². The lowest BCUT2D eigenvalue weighted by Crippen LogP contribution is -2.62. The monoisotopic (exact) mass is 1590 g/mol. The maximum atomic E-state index is 15.0. The Balaban J connectivity index is 2.61. The van der Waals surface area contributed by atoms with Gasteiger partial charge in [-0.1, -0.05) is 100 Å². The number of hydrogen-bond acceptors (Lipinski definition) is 18. The fourth-order valence-electron chi connectivity index (χ4n) is 11.6. The summed E-state index contributed by atoms with van der Waals surface area (Å²) in [6.07, 6.45) is 2.72. The van der Waals surface area contributed by atoms with Crippen LogP contribution in [0, 0.1) is 29.6 Å². The van der Waals surface area contributed by atoms with Crippen molar-refractivity contribution in [2.75, 3.05) is 32.7 Å². The molecular formula is C72H129N29O12. The molecule has 2 aromatic rings. The van der Waals surface area contributed by atoms with Crippen LogP contribution in [-0.4, -0.2) is 211 Å². The van der Waals surface area contributed by atoms with Crippen LogP contribution >= 0.6 is 0 Å². The van der Waals surface area contributed by atoms with Crippen molar-refractivity contribution >= 4 is 112 Å². The highest BCUT2D eigenvalue weighted by molar-refractivity contribution is 6.00. The molecule has 41 nitrogen and oxygen atoms in total. The Morgan fingerprint density at radius 2 is 0.681 bits per heavy atom. The third-order valence-electron chi connectivity index (χ3n) is 18.6. The quantitative estimate of drug-likeness (QED) is 0.0167. The van der Waals surface area contributed by atoms with E-state index in [1.165, 1.54) is 6.92 Å². The molecule has 0 saturated carbocycles. The highest BCUT2D eigenvalue weighted by Crippen LogP contribution is 2.21. The van der Waals surface area contributed by atoms with Gasteiger partial charge in [0.2, 0.25) is 70.9 Å². The molecule has 0 bridgehead atoms. The predicted molar refractivity (Wildman–Crippen MR) is 434 cm³/mol. The number of benzene rings is 1. The van der Waals surface area contributed by atoms with Gasteiger partial charge < -0.3 is 132 Å². The fourth-order valence-corrected chi connectivity index (χ4v) is 11.6. The Labute approximate surface area is 660 Å². The number of carbonyl (C=O) groups excluding carboxylic acids is 12.